The van der Waals surface area contributed by atoms with Crippen molar-refractivity contribution in [2.45, 2.75) is 13.8 Å². The van der Waals surface area contributed by atoms with Crippen LogP contribution < -0.4 is 5.73 Å². The number of nitrogens with zero attached hydrogens (tertiary/aromatic N) is 2. The standard InChI is InChI=1S/C15H19N3O3/c1-11(2)9-18(10-13(16)20)15(21)14-12(6-4-8-19)5-3-7-17-14/h3,5,7,11,19H,8-10H2,1-2H3,(H2,16,20). The SMILES string of the molecule is CC(C)CN(CC(N)=O)C(=O)c1ncccc1C#CCO. The lowest BCUT2D eigenvalue weighted by Gasteiger charge is -2.23. The highest BCUT2D eigenvalue weighted by atomic mass is 16.2. The van der Waals surface area contributed by atoms with Crippen LogP contribution in [0.1, 0.15) is 29.9 Å². The van der Waals surface area contributed by atoms with Crippen molar-refractivity contribution in [3.8, 4) is 11.8 Å². The molecule has 0 saturated carbocycles. The number of aliphatic hydroxyl groups excluding tert-OH is 1. The third kappa shape index (κ3) is 5.24. The van der Waals surface area contributed by atoms with Gasteiger partial charge in [0.2, 0.25) is 5.91 Å². The molecule has 0 atom stereocenters. The first kappa shape index (κ1) is 16.7. The van der Waals surface area contributed by atoms with Crippen molar-refractivity contribution in [1.82, 2.24) is 9.88 Å². The molecule has 0 saturated heterocycles. The molecule has 0 aliphatic carbocycles. The van der Waals surface area contributed by atoms with Crippen LogP contribution >= 0.6 is 0 Å². The molecule has 1 aromatic rings. The minimum atomic E-state index is -0.581. The zero-order valence-corrected chi connectivity index (χ0v) is 12.2. The van der Waals surface area contributed by atoms with E-state index >= 15 is 0 Å². The average molecular weight is 289 g/mol. The Morgan fingerprint density at radius 1 is 1.48 bits per heavy atom. The van der Waals surface area contributed by atoms with E-state index in [1.165, 1.54) is 11.1 Å². The van der Waals surface area contributed by atoms with Crippen molar-refractivity contribution in [3.63, 3.8) is 0 Å². The van der Waals surface area contributed by atoms with Crippen LogP contribution in [0.4, 0.5) is 0 Å². The molecule has 1 heterocycles. The quantitative estimate of drug-likeness (QED) is 0.746. The molecule has 0 aliphatic rings. The summed E-state index contributed by atoms with van der Waals surface area (Å²) in [6, 6.07) is 3.29. The maximum Gasteiger partial charge on any atom is 0.274 e. The first-order chi connectivity index (χ1) is 9.95. The highest BCUT2D eigenvalue weighted by Gasteiger charge is 2.21. The third-order valence-corrected chi connectivity index (χ3v) is 2.53. The first-order valence-corrected chi connectivity index (χ1v) is 6.58. The number of primary amides is 1. The lowest BCUT2D eigenvalue weighted by atomic mass is 10.1. The number of carbonyl (C=O) groups excluding carboxylic acids is 2. The number of hydrogen-bond donors (Lipinski definition) is 2. The van der Waals surface area contributed by atoms with Crippen LogP contribution in [-0.2, 0) is 4.79 Å². The molecular formula is C15H19N3O3. The summed E-state index contributed by atoms with van der Waals surface area (Å²) in [6.45, 7) is 3.80. The molecule has 112 valence electrons. The van der Waals surface area contributed by atoms with E-state index in [1.54, 1.807) is 12.1 Å². The second-order valence-electron chi connectivity index (χ2n) is 4.91. The maximum atomic E-state index is 12.5. The van der Waals surface area contributed by atoms with Crippen LogP contribution in [0.25, 0.3) is 0 Å². The summed E-state index contributed by atoms with van der Waals surface area (Å²) in [5.74, 6) is 4.37. The van der Waals surface area contributed by atoms with Gasteiger partial charge in [0.1, 0.15) is 12.3 Å². The minimum absolute atomic E-state index is 0.153. The number of aromatic nitrogens is 1. The van der Waals surface area contributed by atoms with Crippen LogP contribution in [0.2, 0.25) is 0 Å². The Kier molecular flexibility index (Phi) is 6.37. The molecule has 6 heteroatoms. The maximum absolute atomic E-state index is 12.5. The molecule has 1 aromatic heterocycles. The summed E-state index contributed by atoms with van der Waals surface area (Å²) in [5, 5.41) is 8.75. The largest absolute Gasteiger partial charge is 0.384 e. The van der Waals surface area contributed by atoms with Gasteiger partial charge in [-0.3, -0.25) is 9.59 Å². The molecule has 0 fully saturated rings. The number of hydrogen-bond acceptors (Lipinski definition) is 4. The van der Waals surface area contributed by atoms with Crippen molar-refractivity contribution in [2.75, 3.05) is 19.7 Å². The second-order valence-corrected chi connectivity index (χ2v) is 4.91. The zero-order chi connectivity index (χ0) is 15.8. The lowest BCUT2D eigenvalue weighted by molar-refractivity contribution is -0.118. The van der Waals surface area contributed by atoms with E-state index < -0.39 is 11.8 Å². The molecule has 21 heavy (non-hydrogen) atoms. The Labute approximate surface area is 124 Å². The number of aliphatic hydroxyl groups is 1. The highest BCUT2D eigenvalue weighted by Crippen LogP contribution is 2.10. The summed E-state index contributed by atoms with van der Waals surface area (Å²) in [7, 11) is 0. The van der Waals surface area contributed by atoms with Crippen LogP contribution in [0, 0.1) is 17.8 Å². The van der Waals surface area contributed by atoms with Crippen molar-refractivity contribution in [3.05, 3.63) is 29.6 Å². The van der Waals surface area contributed by atoms with Crippen LogP contribution in [-0.4, -0.2) is 46.5 Å². The van der Waals surface area contributed by atoms with E-state index in [9.17, 15) is 9.59 Å². The summed E-state index contributed by atoms with van der Waals surface area (Å²) in [5.41, 5.74) is 5.75. The number of nitrogens with two attached hydrogens (primary N) is 1. The summed E-state index contributed by atoms with van der Waals surface area (Å²) in [6.07, 6.45) is 1.48. The van der Waals surface area contributed by atoms with Gasteiger partial charge in [-0.05, 0) is 18.1 Å². The molecule has 0 aliphatic heterocycles. The van der Waals surface area contributed by atoms with Gasteiger partial charge in [-0.15, -0.1) is 0 Å². The summed E-state index contributed by atoms with van der Waals surface area (Å²) < 4.78 is 0. The molecule has 6 nitrogen and oxygen atoms in total. The van der Waals surface area contributed by atoms with Crippen molar-refractivity contribution >= 4 is 11.8 Å². The molecule has 0 radical (unpaired) electrons. The Balaban J connectivity index is 3.11. The van der Waals surface area contributed by atoms with E-state index in [1.807, 2.05) is 13.8 Å². The predicted molar refractivity (Wildman–Crippen MR) is 78.1 cm³/mol. The van der Waals surface area contributed by atoms with E-state index in [4.69, 9.17) is 10.8 Å². The third-order valence-electron chi connectivity index (χ3n) is 2.53. The van der Waals surface area contributed by atoms with Gasteiger partial charge in [-0.2, -0.15) is 0 Å². The molecule has 0 aromatic carbocycles. The summed E-state index contributed by atoms with van der Waals surface area (Å²) >= 11 is 0. The van der Waals surface area contributed by atoms with Crippen molar-refractivity contribution < 1.29 is 14.7 Å². The van der Waals surface area contributed by atoms with Gasteiger partial charge in [-0.1, -0.05) is 25.7 Å². The summed E-state index contributed by atoms with van der Waals surface area (Å²) in [4.78, 5) is 29.1. The Morgan fingerprint density at radius 3 is 2.76 bits per heavy atom. The Hall–Kier alpha value is -2.39. The topological polar surface area (TPSA) is 96.5 Å². The van der Waals surface area contributed by atoms with Crippen LogP contribution in [0.3, 0.4) is 0 Å². The Bertz CT molecular complexity index is 573. The van der Waals surface area contributed by atoms with E-state index in [0.717, 1.165) is 0 Å². The smallest absolute Gasteiger partial charge is 0.274 e. The van der Waals surface area contributed by atoms with Gasteiger partial charge in [0.05, 0.1) is 12.1 Å². The van der Waals surface area contributed by atoms with E-state index in [2.05, 4.69) is 16.8 Å². The molecule has 0 spiro atoms. The fourth-order valence-electron chi connectivity index (χ4n) is 1.81. The molecular weight excluding hydrogens is 270 g/mol. The van der Waals surface area contributed by atoms with Gasteiger partial charge in [-0.25, -0.2) is 4.98 Å². The number of rotatable bonds is 5. The van der Waals surface area contributed by atoms with E-state index in [0.29, 0.717) is 12.1 Å². The van der Waals surface area contributed by atoms with Gasteiger partial charge < -0.3 is 15.7 Å². The van der Waals surface area contributed by atoms with Crippen molar-refractivity contribution in [2.24, 2.45) is 11.7 Å². The fourth-order valence-corrected chi connectivity index (χ4v) is 1.81. The molecule has 0 bridgehead atoms. The van der Waals surface area contributed by atoms with Crippen LogP contribution in [0.15, 0.2) is 18.3 Å². The second kappa shape index (κ2) is 8.02. The lowest BCUT2D eigenvalue weighted by Crippen LogP contribution is -2.41. The number of pyridine rings is 1. The Morgan fingerprint density at radius 2 is 2.19 bits per heavy atom. The monoisotopic (exact) mass is 289 g/mol. The van der Waals surface area contributed by atoms with Gasteiger partial charge in [0.15, 0.2) is 0 Å². The normalized spacial score (nSPS) is 9.90. The zero-order valence-electron chi connectivity index (χ0n) is 12.2. The molecule has 2 amide bonds. The number of amides is 2. The van der Waals surface area contributed by atoms with Gasteiger partial charge in [0.25, 0.3) is 5.91 Å². The van der Waals surface area contributed by atoms with Crippen LogP contribution in [0.5, 0.6) is 0 Å². The predicted octanol–water partition coefficient (Wildman–Crippen LogP) is 0.00890. The molecule has 3 N–H and O–H groups in total. The van der Waals surface area contributed by atoms with Crippen molar-refractivity contribution in [1.29, 1.82) is 0 Å². The van der Waals surface area contributed by atoms with E-state index in [-0.39, 0.29) is 24.8 Å². The highest BCUT2D eigenvalue weighted by molar-refractivity contribution is 5.96. The minimum Gasteiger partial charge on any atom is -0.384 e. The molecule has 1 rings (SSSR count). The average Bonchev–Trinajstić information content (AvgIpc) is 2.43. The van der Waals surface area contributed by atoms with Gasteiger partial charge >= 0.3 is 0 Å². The fraction of sp³-hybridized carbons (Fsp3) is 0.400. The first-order valence-electron chi connectivity index (χ1n) is 6.58. The molecule has 0 unspecified atom stereocenters. The van der Waals surface area contributed by atoms with Gasteiger partial charge in [0, 0.05) is 12.7 Å². The number of carbonyl (C=O) groups is 2.